The third-order valence-corrected chi connectivity index (χ3v) is 4.61. The first kappa shape index (κ1) is 14.9. The zero-order valence-electron chi connectivity index (χ0n) is 13.6. The number of fused-ring (bicyclic) bond motifs is 1. The van der Waals surface area contributed by atoms with E-state index < -0.39 is 0 Å². The molecule has 21 heavy (non-hydrogen) atoms. The number of phenols is 1. The van der Waals surface area contributed by atoms with Crippen LogP contribution in [0.15, 0.2) is 18.2 Å². The molecule has 1 fully saturated rings. The third kappa shape index (κ3) is 2.95. The molecular formula is C18H27NO2. The van der Waals surface area contributed by atoms with Gasteiger partial charge in [-0.1, -0.05) is 12.1 Å². The van der Waals surface area contributed by atoms with Gasteiger partial charge in [0, 0.05) is 19.1 Å². The molecule has 1 atom stereocenters. The van der Waals surface area contributed by atoms with Crippen molar-refractivity contribution >= 4 is 0 Å². The van der Waals surface area contributed by atoms with Gasteiger partial charge in [0.25, 0.3) is 0 Å². The number of aromatic hydroxyl groups is 1. The maximum atomic E-state index is 10.1. The predicted octanol–water partition coefficient (Wildman–Crippen LogP) is 3.66. The van der Waals surface area contributed by atoms with E-state index in [2.05, 4.69) is 38.7 Å². The van der Waals surface area contributed by atoms with E-state index in [0.29, 0.717) is 11.8 Å². The molecule has 116 valence electrons. The number of hydrogen-bond acceptors (Lipinski definition) is 3. The van der Waals surface area contributed by atoms with E-state index in [4.69, 9.17) is 4.74 Å². The fraction of sp³-hybridized carbons (Fsp3) is 0.667. The van der Waals surface area contributed by atoms with Crippen molar-refractivity contribution in [3.05, 3.63) is 29.3 Å². The van der Waals surface area contributed by atoms with Crippen LogP contribution in [0.5, 0.6) is 5.75 Å². The molecule has 0 saturated carbocycles. The lowest BCUT2D eigenvalue weighted by Gasteiger charge is -2.50. The minimum Gasteiger partial charge on any atom is -0.508 e. The predicted molar refractivity (Wildman–Crippen MR) is 84.6 cm³/mol. The molecule has 1 aromatic carbocycles. The van der Waals surface area contributed by atoms with E-state index in [9.17, 15) is 5.11 Å². The Hall–Kier alpha value is -1.06. The monoisotopic (exact) mass is 289 g/mol. The molecule has 0 amide bonds. The lowest BCUT2D eigenvalue weighted by atomic mass is 9.84. The van der Waals surface area contributed by atoms with Crippen LogP contribution in [0.2, 0.25) is 0 Å². The fourth-order valence-electron chi connectivity index (χ4n) is 4.25. The van der Waals surface area contributed by atoms with Gasteiger partial charge in [-0.3, -0.25) is 4.90 Å². The van der Waals surface area contributed by atoms with Crippen LogP contribution in [0.3, 0.4) is 0 Å². The van der Waals surface area contributed by atoms with Gasteiger partial charge in [-0.05, 0) is 64.2 Å². The van der Waals surface area contributed by atoms with E-state index in [-0.39, 0.29) is 11.2 Å². The van der Waals surface area contributed by atoms with Crippen molar-refractivity contribution in [2.75, 3.05) is 13.1 Å². The molecule has 1 unspecified atom stereocenters. The van der Waals surface area contributed by atoms with Gasteiger partial charge in [0.1, 0.15) is 5.75 Å². The van der Waals surface area contributed by atoms with Crippen LogP contribution in [0.4, 0.5) is 0 Å². The zero-order chi connectivity index (χ0) is 15.3. The Morgan fingerprint density at radius 1 is 1.14 bits per heavy atom. The Morgan fingerprint density at radius 3 is 2.48 bits per heavy atom. The largest absolute Gasteiger partial charge is 0.508 e. The van der Waals surface area contributed by atoms with Gasteiger partial charge in [-0.15, -0.1) is 0 Å². The summed E-state index contributed by atoms with van der Waals surface area (Å²) in [5.41, 5.74) is 2.21. The average molecular weight is 289 g/mol. The van der Waals surface area contributed by atoms with Crippen molar-refractivity contribution in [3.8, 4) is 5.75 Å². The average Bonchev–Trinajstić information content (AvgIpc) is 2.35. The van der Waals surface area contributed by atoms with Gasteiger partial charge in [0.05, 0.1) is 11.2 Å². The molecule has 1 aromatic rings. The summed E-state index contributed by atoms with van der Waals surface area (Å²) in [4.78, 5) is 2.56. The topological polar surface area (TPSA) is 32.7 Å². The van der Waals surface area contributed by atoms with E-state index in [1.54, 1.807) is 0 Å². The Bertz CT molecular complexity index is 520. The highest BCUT2D eigenvalue weighted by Crippen LogP contribution is 2.41. The van der Waals surface area contributed by atoms with Crippen LogP contribution in [-0.4, -0.2) is 34.3 Å². The normalized spacial score (nSPS) is 28.1. The van der Waals surface area contributed by atoms with E-state index in [0.717, 1.165) is 31.5 Å². The minimum absolute atomic E-state index is 0.129. The van der Waals surface area contributed by atoms with Crippen LogP contribution in [0, 0.1) is 0 Å². The highest BCUT2D eigenvalue weighted by molar-refractivity contribution is 5.42. The second-order valence-electron chi connectivity index (χ2n) is 7.78. The summed E-state index contributed by atoms with van der Waals surface area (Å²) in [7, 11) is 0. The molecule has 1 aliphatic carbocycles. The first-order valence-electron chi connectivity index (χ1n) is 8.02. The van der Waals surface area contributed by atoms with Crippen LogP contribution < -0.4 is 0 Å². The van der Waals surface area contributed by atoms with Crippen molar-refractivity contribution in [1.82, 2.24) is 4.90 Å². The summed E-state index contributed by atoms with van der Waals surface area (Å²) in [6.45, 7) is 10.6. The molecule has 1 N–H and O–H groups in total. The maximum absolute atomic E-state index is 10.1. The number of benzene rings is 1. The molecular weight excluding hydrogens is 262 g/mol. The molecule has 2 aliphatic rings. The first-order valence-corrected chi connectivity index (χ1v) is 8.02. The second kappa shape index (κ2) is 4.99. The molecule has 0 bridgehead atoms. The minimum atomic E-state index is -0.129. The molecule has 3 heteroatoms. The summed E-state index contributed by atoms with van der Waals surface area (Å²) < 4.78 is 6.20. The molecule has 1 saturated heterocycles. The number of hydrogen-bond donors (Lipinski definition) is 1. The molecule has 1 aliphatic heterocycles. The number of phenolic OH excluding ortho intramolecular Hbond substituents is 1. The van der Waals surface area contributed by atoms with Crippen molar-refractivity contribution in [2.24, 2.45) is 0 Å². The zero-order valence-corrected chi connectivity index (χ0v) is 13.6. The first-order chi connectivity index (χ1) is 9.77. The number of rotatable bonds is 1. The van der Waals surface area contributed by atoms with Crippen LogP contribution in [-0.2, 0) is 11.2 Å². The molecule has 0 radical (unpaired) electrons. The van der Waals surface area contributed by atoms with Gasteiger partial charge >= 0.3 is 0 Å². The SMILES string of the molecule is CC1(C)CN(C2CCCc3c(O)cccc32)CC(C)(C)O1. The van der Waals surface area contributed by atoms with Crippen LogP contribution in [0.25, 0.3) is 0 Å². The quantitative estimate of drug-likeness (QED) is 0.856. The molecule has 0 aromatic heterocycles. The van der Waals surface area contributed by atoms with E-state index in [1.165, 1.54) is 12.0 Å². The number of morpholine rings is 1. The highest BCUT2D eigenvalue weighted by atomic mass is 16.5. The Morgan fingerprint density at radius 2 is 1.81 bits per heavy atom. The van der Waals surface area contributed by atoms with Gasteiger partial charge in [-0.2, -0.15) is 0 Å². The Labute approximate surface area is 127 Å². The Kier molecular flexibility index (Phi) is 3.53. The van der Waals surface area contributed by atoms with Crippen LogP contribution in [0.1, 0.15) is 57.7 Å². The fourth-order valence-corrected chi connectivity index (χ4v) is 4.25. The number of nitrogens with zero attached hydrogens (tertiary/aromatic N) is 1. The second-order valence-corrected chi connectivity index (χ2v) is 7.78. The van der Waals surface area contributed by atoms with Crippen molar-refractivity contribution in [1.29, 1.82) is 0 Å². The molecule has 3 rings (SSSR count). The van der Waals surface area contributed by atoms with Gasteiger partial charge < -0.3 is 9.84 Å². The highest BCUT2D eigenvalue weighted by Gasteiger charge is 2.41. The molecule has 3 nitrogen and oxygen atoms in total. The van der Waals surface area contributed by atoms with E-state index >= 15 is 0 Å². The van der Waals surface area contributed by atoms with Crippen LogP contribution >= 0.6 is 0 Å². The van der Waals surface area contributed by atoms with Crippen molar-refractivity contribution in [2.45, 2.75) is 64.2 Å². The Balaban J connectivity index is 1.93. The summed E-state index contributed by atoms with van der Waals surface area (Å²) >= 11 is 0. The molecule has 1 heterocycles. The lowest BCUT2D eigenvalue weighted by Crippen LogP contribution is -2.58. The summed E-state index contributed by atoms with van der Waals surface area (Å²) in [5, 5.41) is 10.1. The maximum Gasteiger partial charge on any atom is 0.119 e. The molecule has 0 spiro atoms. The summed E-state index contributed by atoms with van der Waals surface area (Å²) in [6, 6.07) is 6.38. The third-order valence-electron chi connectivity index (χ3n) is 4.61. The van der Waals surface area contributed by atoms with Gasteiger partial charge in [0.2, 0.25) is 0 Å². The number of ether oxygens (including phenoxy) is 1. The lowest BCUT2D eigenvalue weighted by molar-refractivity contribution is -0.189. The summed E-state index contributed by atoms with van der Waals surface area (Å²) in [6.07, 6.45) is 3.31. The van der Waals surface area contributed by atoms with Crippen molar-refractivity contribution < 1.29 is 9.84 Å². The smallest absolute Gasteiger partial charge is 0.119 e. The van der Waals surface area contributed by atoms with Crippen molar-refractivity contribution in [3.63, 3.8) is 0 Å². The standard InChI is InChI=1S/C18H27NO2/c1-17(2)11-19(12-18(3,4)21-17)15-9-5-8-14-13(15)7-6-10-16(14)20/h6-7,10,15,20H,5,8-9,11-12H2,1-4H3. The van der Waals surface area contributed by atoms with Gasteiger partial charge in [0.15, 0.2) is 0 Å². The van der Waals surface area contributed by atoms with E-state index in [1.807, 2.05) is 12.1 Å². The van der Waals surface area contributed by atoms with Gasteiger partial charge in [-0.25, -0.2) is 0 Å². The summed E-state index contributed by atoms with van der Waals surface area (Å²) in [5.74, 6) is 0.462.